The van der Waals surface area contributed by atoms with Crippen molar-refractivity contribution in [3.05, 3.63) is 89.5 Å². The largest absolute Gasteiger partial charge is 0.508 e. The van der Waals surface area contributed by atoms with Gasteiger partial charge in [-0.05, 0) is 39.9 Å². The van der Waals surface area contributed by atoms with Gasteiger partial charge in [0.25, 0.3) is 0 Å². The van der Waals surface area contributed by atoms with Crippen molar-refractivity contribution in [3.63, 3.8) is 0 Å². The standard InChI is InChI=1S/C19H14O/c20-14-11-9-13(10-12-14)19-17-7-3-1-5-15(17)16-6-2-4-8-18(16)19/h1-12,19-20H. The summed E-state index contributed by atoms with van der Waals surface area (Å²) in [6.07, 6.45) is 0. The molecule has 0 amide bonds. The first-order valence-corrected chi connectivity index (χ1v) is 6.82. The van der Waals surface area contributed by atoms with Gasteiger partial charge in [-0.1, -0.05) is 60.7 Å². The summed E-state index contributed by atoms with van der Waals surface area (Å²) in [6, 6.07) is 24.7. The maximum Gasteiger partial charge on any atom is 0.115 e. The molecule has 0 unspecified atom stereocenters. The van der Waals surface area contributed by atoms with Crippen molar-refractivity contribution < 1.29 is 5.11 Å². The Morgan fingerprint density at radius 3 is 1.65 bits per heavy atom. The average Bonchev–Trinajstić information content (AvgIpc) is 2.83. The smallest absolute Gasteiger partial charge is 0.115 e. The van der Waals surface area contributed by atoms with Crippen LogP contribution in [-0.4, -0.2) is 5.11 Å². The van der Waals surface area contributed by atoms with Crippen LogP contribution in [0.3, 0.4) is 0 Å². The molecule has 4 rings (SSSR count). The minimum atomic E-state index is 0.267. The van der Waals surface area contributed by atoms with Crippen LogP contribution in [0, 0.1) is 0 Å². The van der Waals surface area contributed by atoms with Crippen LogP contribution >= 0.6 is 0 Å². The van der Waals surface area contributed by atoms with Gasteiger partial charge in [-0.3, -0.25) is 0 Å². The lowest BCUT2D eigenvalue weighted by atomic mass is 9.89. The predicted octanol–water partition coefficient (Wildman–Crippen LogP) is 4.55. The predicted molar refractivity (Wildman–Crippen MR) is 80.9 cm³/mol. The highest BCUT2D eigenvalue weighted by Gasteiger charge is 2.28. The molecule has 96 valence electrons. The quantitative estimate of drug-likeness (QED) is 0.531. The second-order valence-electron chi connectivity index (χ2n) is 5.20. The zero-order valence-electron chi connectivity index (χ0n) is 11.0. The van der Waals surface area contributed by atoms with Gasteiger partial charge in [0, 0.05) is 5.92 Å². The van der Waals surface area contributed by atoms with E-state index in [4.69, 9.17) is 0 Å². The molecule has 0 fully saturated rings. The van der Waals surface area contributed by atoms with Crippen LogP contribution in [0.1, 0.15) is 22.6 Å². The van der Waals surface area contributed by atoms with Gasteiger partial charge in [-0.2, -0.15) is 0 Å². The van der Waals surface area contributed by atoms with Crippen LogP contribution in [0.15, 0.2) is 72.8 Å². The van der Waals surface area contributed by atoms with Crippen molar-refractivity contribution >= 4 is 0 Å². The number of phenols is 1. The van der Waals surface area contributed by atoms with Gasteiger partial charge in [0.1, 0.15) is 5.75 Å². The maximum absolute atomic E-state index is 9.49. The van der Waals surface area contributed by atoms with Crippen molar-refractivity contribution in [2.24, 2.45) is 0 Å². The van der Waals surface area contributed by atoms with Crippen molar-refractivity contribution in [1.29, 1.82) is 0 Å². The van der Waals surface area contributed by atoms with Crippen LogP contribution in [-0.2, 0) is 0 Å². The van der Waals surface area contributed by atoms with Gasteiger partial charge in [0.2, 0.25) is 0 Å². The molecule has 0 aromatic heterocycles. The Bertz CT molecular complexity index is 726. The van der Waals surface area contributed by atoms with Crippen molar-refractivity contribution in [2.75, 3.05) is 0 Å². The summed E-state index contributed by atoms with van der Waals surface area (Å²) in [7, 11) is 0. The van der Waals surface area contributed by atoms with E-state index in [9.17, 15) is 5.11 Å². The molecule has 0 saturated heterocycles. The maximum atomic E-state index is 9.49. The number of rotatable bonds is 1. The molecule has 20 heavy (non-hydrogen) atoms. The van der Waals surface area contributed by atoms with E-state index < -0.39 is 0 Å². The molecule has 1 nitrogen and oxygen atoms in total. The number of hydrogen-bond acceptors (Lipinski definition) is 1. The average molecular weight is 258 g/mol. The summed E-state index contributed by atoms with van der Waals surface area (Å²) in [5.74, 6) is 0.580. The zero-order valence-corrected chi connectivity index (χ0v) is 11.0. The molecule has 3 aromatic rings. The summed E-state index contributed by atoms with van der Waals surface area (Å²) in [6.45, 7) is 0. The van der Waals surface area contributed by atoms with Crippen LogP contribution in [0.2, 0.25) is 0 Å². The van der Waals surface area contributed by atoms with E-state index in [1.165, 1.54) is 27.8 Å². The summed E-state index contributed by atoms with van der Waals surface area (Å²) < 4.78 is 0. The Labute approximate surface area is 118 Å². The molecule has 0 heterocycles. The van der Waals surface area contributed by atoms with Gasteiger partial charge < -0.3 is 5.11 Å². The zero-order chi connectivity index (χ0) is 13.5. The molecule has 0 saturated carbocycles. The Morgan fingerprint density at radius 2 is 1.10 bits per heavy atom. The highest BCUT2D eigenvalue weighted by Crippen LogP contribution is 2.47. The lowest BCUT2D eigenvalue weighted by Crippen LogP contribution is -1.98. The van der Waals surface area contributed by atoms with E-state index >= 15 is 0 Å². The van der Waals surface area contributed by atoms with E-state index in [1.54, 1.807) is 12.1 Å². The number of benzene rings is 3. The van der Waals surface area contributed by atoms with Crippen molar-refractivity contribution in [2.45, 2.75) is 5.92 Å². The van der Waals surface area contributed by atoms with Gasteiger partial charge in [0.15, 0.2) is 0 Å². The lowest BCUT2D eigenvalue weighted by molar-refractivity contribution is 0.475. The number of aromatic hydroxyl groups is 1. The van der Waals surface area contributed by atoms with Crippen LogP contribution in [0.4, 0.5) is 0 Å². The monoisotopic (exact) mass is 258 g/mol. The Morgan fingerprint density at radius 1 is 0.600 bits per heavy atom. The Hall–Kier alpha value is -2.54. The Kier molecular flexibility index (Phi) is 2.40. The van der Waals surface area contributed by atoms with Crippen LogP contribution < -0.4 is 0 Å². The normalized spacial score (nSPS) is 13.0. The minimum Gasteiger partial charge on any atom is -0.508 e. The molecule has 1 heteroatoms. The fraction of sp³-hybridized carbons (Fsp3) is 0.0526. The topological polar surface area (TPSA) is 20.2 Å². The molecule has 0 atom stereocenters. The third kappa shape index (κ3) is 1.56. The van der Waals surface area contributed by atoms with Crippen LogP contribution in [0.25, 0.3) is 11.1 Å². The summed E-state index contributed by atoms with van der Waals surface area (Å²) in [5.41, 5.74) is 6.56. The van der Waals surface area contributed by atoms with Crippen molar-refractivity contribution in [3.8, 4) is 16.9 Å². The first-order valence-electron chi connectivity index (χ1n) is 6.82. The second kappa shape index (κ2) is 4.24. The van der Waals surface area contributed by atoms with E-state index in [1.807, 2.05) is 12.1 Å². The number of fused-ring (bicyclic) bond motifs is 3. The first-order chi connectivity index (χ1) is 9.84. The summed E-state index contributed by atoms with van der Waals surface area (Å²) >= 11 is 0. The van der Waals surface area contributed by atoms with Gasteiger partial charge in [-0.15, -0.1) is 0 Å². The van der Waals surface area contributed by atoms with E-state index in [0.29, 0.717) is 5.75 Å². The van der Waals surface area contributed by atoms with Crippen molar-refractivity contribution in [1.82, 2.24) is 0 Å². The highest BCUT2D eigenvalue weighted by molar-refractivity contribution is 5.80. The van der Waals surface area contributed by atoms with E-state index in [-0.39, 0.29) is 5.92 Å². The van der Waals surface area contributed by atoms with Gasteiger partial charge in [-0.25, -0.2) is 0 Å². The highest BCUT2D eigenvalue weighted by atomic mass is 16.3. The van der Waals surface area contributed by atoms with Gasteiger partial charge >= 0.3 is 0 Å². The molecule has 3 aromatic carbocycles. The Balaban J connectivity index is 1.97. The molecule has 0 aliphatic heterocycles. The first kappa shape index (κ1) is 11.3. The summed E-state index contributed by atoms with van der Waals surface area (Å²) in [5, 5.41) is 9.49. The minimum absolute atomic E-state index is 0.267. The molecular weight excluding hydrogens is 244 g/mol. The molecule has 1 aliphatic carbocycles. The molecule has 0 spiro atoms. The van der Waals surface area contributed by atoms with E-state index in [2.05, 4.69) is 48.5 Å². The summed E-state index contributed by atoms with van der Waals surface area (Å²) in [4.78, 5) is 0. The molecule has 0 bridgehead atoms. The second-order valence-corrected chi connectivity index (χ2v) is 5.20. The fourth-order valence-corrected chi connectivity index (χ4v) is 3.18. The lowest BCUT2D eigenvalue weighted by Gasteiger charge is -2.14. The number of phenolic OH excluding ortho intramolecular Hbond substituents is 1. The van der Waals surface area contributed by atoms with Gasteiger partial charge in [0.05, 0.1) is 0 Å². The van der Waals surface area contributed by atoms with Crippen LogP contribution in [0.5, 0.6) is 5.75 Å². The fourth-order valence-electron chi connectivity index (χ4n) is 3.18. The molecular formula is C19H14O. The third-order valence-electron chi connectivity index (χ3n) is 4.06. The molecule has 0 radical (unpaired) electrons. The molecule has 1 aliphatic rings. The SMILES string of the molecule is Oc1ccc(C2c3ccccc3-c3ccccc32)cc1. The number of hydrogen-bond donors (Lipinski definition) is 1. The van der Waals surface area contributed by atoms with E-state index in [0.717, 1.165) is 0 Å². The molecule has 1 N–H and O–H groups in total. The third-order valence-corrected chi connectivity index (χ3v) is 4.06.